The Balaban J connectivity index is 1.66. The van der Waals surface area contributed by atoms with E-state index in [1.807, 2.05) is 6.07 Å². The molecule has 3 heterocycles. The Hall–Kier alpha value is -1.88. The predicted molar refractivity (Wildman–Crippen MR) is 81.9 cm³/mol. The van der Waals surface area contributed by atoms with Crippen LogP contribution >= 0.6 is 11.6 Å². The van der Waals surface area contributed by atoms with Crippen molar-refractivity contribution in [2.45, 2.75) is 25.9 Å². The minimum absolute atomic E-state index is 0.116. The molecule has 6 heteroatoms. The molecule has 1 fully saturated rings. The van der Waals surface area contributed by atoms with Crippen molar-refractivity contribution in [1.29, 1.82) is 0 Å². The fourth-order valence-electron chi connectivity index (χ4n) is 2.42. The lowest BCUT2D eigenvalue weighted by atomic mass is 10.3. The molecule has 5 nitrogen and oxygen atoms in total. The molecule has 1 saturated heterocycles. The predicted octanol–water partition coefficient (Wildman–Crippen LogP) is 2.75. The molecule has 0 aromatic carbocycles. The van der Waals surface area contributed by atoms with Gasteiger partial charge in [0.15, 0.2) is 0 Å². The second kappa shape index (κ2) is 6.26. The molecule has 0 bridgehead atoms. The van der Waals surface area contributed by atoms with Crippen molar-refractivity contribution in [3.05, 3.63) is 41.6 Å². The molecule has 2 aromatic rings. The summed E-state index contributed by atoms with van der Waals surface area (Å²) < 4.78 is 5.96. The van der Waals surface area contributed by atoms with Gasteiger partial charge in [0.25, 0.3) is 0 Å². The maximum atomic E-state index is 6.07. The third-order valence-electron chi connectivity index (χ3n) is 3.57. The molecule has 0 amide bonds. The monoisotopic (exact) mass is 304 g/mol. The van der Waals surface area contributed by atoms with Crippen molar-refractivity contribution >= 4 is 17.4 Å². The lowest BCUT2D eigenvalue weighted by Crippen LogP contribution is -2.25. The minimum Gasteiger partial charge on any atom is -0.487 e. The van der Waals surface area contributed by atoms with Gasteiger partial charge in [0, 0.05) is 43.2 Å². The highest BCUT2D eigenvalue weighted by atomic mass is 35.5. The zero-order valence-electron chi connectivity index (χ0n) is 11.9. The smallest absolute Gasteiger partial charge is 0.141 e. The fraction of sp³-hybridized carbons (Fsp3) is 0.400. The summed E-state index contributed by atoms with van der Waals surface area (Å²) in [5, 5.41) is 0.547. The number of rotatable bonds is 4. The van der Waals surface area contributed by atoms with Gasteiger partial charge in [-0.05, 0) is 6.42 Å². The topological polar surface area (TPSA) is 51.1 Å². The maximum absolute atomic E-state index is 6.07. The molecular weight excluding hydrogens is 288 g/mol. The van der Waals surface area contributed by atoms with Crippen LogP contribution in [0.2, 0.25) is 5.02 Å². The van der Waals surface area contributed by atoms with E-state index in [9.17, 15) is 0 Å². The van der Waals surface area contributed by atoms with Gasteiger partial charge in [0.05, 0.1) is 6.54 Å². The Morgan fingerprint density at radius 3 is 3.14 bits per heavy atom. The van der Waals surface area contributed by atoms with Gasteiger partial charge in [-0.1, -0.05) is 18.5 Å². The number of halogens is 1. The first-order valence-electron chi connectivity index (χ1n) is 7.08. The number of hydrogen-bond donors (Lipinski definition) is 0. The van der Waals surface area contributed by atoms with Crippen LogP contribution in [0, 0.1) is 0 Å². The highest BCUT2D eigenvalue weighted by Crippen LogP contribution is 2.27. The van der Waals surface area contributed by atoms with E-state index in [-0.39, 0.29) is 6.10 Å². The first kappa shape index (κ1) is 14.1. The summed E-state index contributed by atoms with van der Waals surface area (Å²) in [4.78, 5) is 14.8. The molecular formula is C15H17ClN4O. The summed E-state index contributed by atoms with van der Waals surface area (Å²) in [6, 6.07) is 3.84. The van der Waals surface area contributed by atoms with Crippen molar-refractivity contribution in [3.63, 3.8) is 0 Å². The van der Waals surface area contributed by atoms with Crippen LogP contribution in [0.25, 0.3) is 0 Å². The summed E-state index contributed by atoms with van der Waals surface area (Å²) in [7, 11) is 0. The normalized spacial score (nSPS) is 18.0. The number of anilines is 1. The molecule has 2 aromatic heterocycles. The van der Waals surface area contributed by atoms with Gasteiger partial charge in [-0.25, -0.2) is 9.97 Å². The van der Waals surface area contributed by atoms with E-state index < -0.39 is 0 Å². The summed E-state index contributed by atoms with van der Waals surface area (Å²) in [6.07, 6.45) is 6.89. The van der Waals surface area contributed by atoms with Crippen LogP contribution in [0.3, 0.4) is 0 Å². The lowest BCUT2D eigenvalue weighted by Gasteiger charge is -2.18. The molecule has 1 unspecified atom stereocenters. The van der Waals surface area contributed by atoms with Crippen molar-refractivity contribution < 1.29 is 4.74 Å². The van der Waals surface area contributed by atoms with Crippen LogP contribution in [0.4, 0.5) is 5.82 Å². The van der Waals surface area contributed by atoms with Crippen LogP contribution in [0.1, 0.15) is 19.0 Å². The molecule has 0 radical (unpaired) electrons. The Kier molecular flexibility index (Phi) is 4.20. The average molecular weight is 305 g/mol. The highest BCUT2D eigenvalue weighted by Gasteiger charge is 2.25. The zero-order chi connectivity index (χ0) is 14.7. The molecule has 1 aliphatic rings. The second-order valence-electron chi connectivity index (χ2n) is 5.00. The van der Waals surface area contributed by atoms with Crippen LogP contribution in [-0.4, -0.2) is 34.1 Å². The maximum Gasteiger partial charge on any atom is 0.141 e. The van der Waals surface area contributed by atoms with E-state index in [0.717, 1.165) is 37.4 Å². The molecule has 0 spiro atoms. The largest absolute Gasteiger partial charge is 0.487 e. The minimum atomic E-state index is 0.116. The Bertz CT molecular complexity index is 622. The summed E-state index contributed by atoms with van der Waals surface area (Å²) >= 11 is 6.07. The Morgan fingerprint density at radius 2 is 2.33 bits per heavy atom. The van der Waals surface area contributed by atoms with Crippen molar-refractivity contribution in [3.8, 4) is 5.75 Å². The van der Waals surface area contributed by atoms with Crippen molar-refractivity contribution in [2.75, 3.05) is 18.0 Å². The van der Waals surface area contributed by atoms with Gasteiger partial charge in [-0.2, -0.15) is 0 Å². The van der Waals surface area contributed by atoms with E-state index in [0.29, 0.717) is 10.8 Å². The number of nitrogens with zero attached hydrogens (tertiary/aromatic N) is 4. The van der Waals surface area contributed by atoms with E-state index in [1.165, 1.54) is 0 Å². The number of aromatic nitrogens is 3. The standard InChI is InChI=1S/C15H17ClN4O/c1-2-11-7-15(19-10-18-11)20-6-4-12(9-20)21-14-3-5-17-8-13(14)16/h3,5,7-8,10,12H,2,4,6,9H2,1H3. The van der Waals surface area contributed by atoms with Gasteiger partial charge in [0.2, 0.25) is 0 Å². The molecule has 21 heavy (non-hydrogen) atoms. The summed E-state index contributed by atoms with van der Waals surface area (Å²) in [5.74, 6) is 1.66. The molecule has 0 saturated carbocycles. The number of ether oxygens (including phenoxy) is 1. The number of hydrogen-bond acceptors (Lipinski definition) is 5. The van der Waals surface area contributed by atoms with Gasteiger partial charge in [-0.15, -0.1) is 0 Å². The SMILES string of the molecule is CCc1cc(N2CCC(Oc3ccncc3Cl)C2)ncn1. The second-order valence-corrected chi connectivity index (χ2v) is 5.41. The van der Waals surface area contributed by atoms with Crippen LogP contribution in [0.5, 0.6) is 5.75 Å². The van der Waals surface area contributed by atoms with Crippen LogP contribution < -0.4 is 9.64 Å². The third kappa shape index (κ3) is 3.24. The van der Waals surface area contributed by atoms with E-state index in [2.05, 4.69) is 26.8 Å². The third-order valence-corrected chi connectivity index (χ3v) is 3.85. The first-order chi connectivity index (χ1) is 10.3. The molecule has 1 aliphatic heterocycles. The summed E-state index contributed by atoms with van der Waals surface area (Å²) in [5.41, 5.74) is 1.06. The molecule has 0 aliphatic carbocycles. The average Bonchev–Trinajstić information content (AvgIpc) is 2.98. The van der Waals surface area contributed by atoms with Gasteiger partial charge < -0.3 is 9.64 Å². The van der Waals surface area contributed by atoms with E-state index in [1.54, 1.807) is 24.8 Å². The van der Waals surface area contributed by atoms with Crippen molar-refractivity contribution in [1.82, 2.24) is 15.0 Å². The summed E-state index contributed by atoms with van der Waals surface area (Å²) in [6.45, 7) is 3.82. The lowest BCUT2D eigenvalue weighted by molar-refractivity contribution is 0.225. The van der Waals surface area contributed by atoms with Crippen LogP contribution in [-0.2, 0) is 6.42 Å². The van der Waals surface area contributed by atoms with Gasteiger partial charge in [-0.3, -0.25) is 4.98 Å². The quantitative estimate of drug-likeness (QED) is 0.869. The molecule has 0 N–H and O–H groups in total. The molecule has 3 rings (SSSR count). The number of pyridine rings is 1. The van der Waals surface area contributed by atoms with Crippen molar-refractivity contribution in [2.24, 2.45) is 0 Å². The zero-order valence-corrected chi connectivity index (χ0v) is 12.6. The fourth-order valence-corrected chi connectivity index (χ4v) is 2.59. The van der Waals surface area contributed by atoms with E-state index >= 15 is 0 Å². The van der Waals surface area contributed by atoms with Crippen LogP contribution in [0.15, 0.2) is 30.9 Å². The molecule has 110 valence electrons. The first-order valence-corrected chi connectivity index (χ1v) is 7.46. The van der Waals surface area contributed by atoms with Gasteiger partial charge in [0.1, 0.15) is 29.0 Å². The number of aryl methyl sites for hydroxylation is 1. The Labute approximate surface area is 129 Å². The highest BCUT2D eigenvalue weighted by molar-refractivity contribution is 6.31. The Morgan fingerprint density at radius 1 is 1.43 bits per heavy atom. The molecule has 1 atom stereocenters. The van der Waals surface area contributed by atoms with E-state index in [4.69, 9.17) is 16.3 Å². The van der Waals surface area contributed by atoms with Gasteiger partial charge >= 0.3 is 0 Å².